The standard InChI is InChI=1S/C12H16N2/c1-3-12(4-2,9-13)10-6-5-7-11(14)8-10/h5-8H,3-4,14H2,1-2H3. The quantitative estimate of drug-likeness (QED) is 0.741. The highest BCUT2D eigenvalue weighted by Crippen LogP contribution is 2.31. The number of nitrogen functional groups attached to an aromatic ring is 1. The highest BCUT2D eigenvalue weighted by molar-refractivity contribution is 5.45. The maximum atomic E-state index is 9.23. The largest absolute Gasteiger partial charge is 0.399 e. The molecular weight excluding hydrogens is 172 g/mol. The zero-order valence-corrected chi connectivity index (χ0v) is 8.75. The molecular formula is C12H16N2. The number of hydrogen-bond acceptors (Lipinski definition) is 2. The molecule has 0 aromatic heterocycles. The zero-order chi connectivity index (χ0) is 10.6. The van der Waals surface area contributed by atoms with Crippen molar-refractivity contribution >= 4 is 5.69 Å². The number of nitriles is 1. The molecule has 0 saturated heterocycles. The van der Waals surface area contributed by atoms with Gasteiger partial charge in [0.1, 0.15) is 0 Å². The van der Waals surface area contributed by atoms with E-state index in [-0.39, 0.29) is 5.41 Å². The van der Waals surface area contributed by atoms with Gasteiger partial charge < -0.3 is 5.73 Å². The van der Waals surface area contributed by atoms with Crippen LogP contribution in [-0.2, 0) is 5.41 Å². The van der Waals surface area contributed by atoms with E-state index in [1.165, 1.54) is 0 Å². The van der Waals surface area contributed by atoms with Gasteiger partial charge in [0, 0.05) is 5.69 Å². The maximum Gasteiger partial charge on any atom is 0.0817 e. The molecule has 2 N–H and O–H groups in total. The maximum absolute atomic E-state index is 9.23. The average Bonchev–Trinajstić information content (AvgIpc) is 2.22. The van der Waals surface area contributed by atoms with Crippen LogP contribution in [0.3, 0.4) is 0 Å². The molecule has 0 heterocycles. The van der Waals surface area contributed by atoms with Crippen molar-refractivity contribution in [1.29, 1.82) is 5.26 Å². The van der Waals surface area contributed by atoms with E-state index in [0.717, 1.165) is 24.1 Å². The second-order valence-corrected chi connectivity index (χ2v) is 3.53. The van der Waals surface area contributed by atoms with Crippen molar-refractivity contribution in [3.63, 3.8) is 0 Å². The topological polar surface area (TPSA) is 49.8 Å². The van der Waals surface area contributed by atoms with E-state index < -0.39 is 0 Å². The smallest absolute Gasteiger partial charge is 0.0817 e. The Balaban J connectivity index is 3.19. The van der Waals surface area contributed by atoms with Crippen LogP contribution in [0.15, 0.2) is 24.3 Å². The lowest BCUT2D eigenvalue weighted by Gasteiger charge is -2.24. The molecule has 2 nitrogen and oxygen atoms in total. The van der Waals surface area contributed by atoms with Gasteiger partial charge in [0.2, 0.25) is 0 Å². The van der Waals surface area contributed by atoms with Gasteiger partial charge in [-0.05, 0) is 30.5 Å². The summed E-state index contributed by atoms with van der Waals surface area (Å²) in [6.45, 7) is 4.08. The minimum Gasteiger partial charge on any atom is -0.399 e. The van der Waals surface area contributed by atoms with Crippen LogP contribution >= 0.6 is 0 Å². The molecule has 0 fully saturated rings. The van der Waals surface area contributed by atoms with E-state index >= 15 is 0 Å². The molecule has 1 aromatic rings. The summed E-state index contributed by atoms with van der Waals surface area (Å²) in [6, 6.07) is 10.0. The third-order valence-corrected chi connectivity index (χ3v) is 2.86. The lowest BCUT2D eigenvalue weighted by molar-refractivity contribution is 0.511. The summed E-state index contributed by atoms with van der Waals surface area (Å²) >= 11 is 0. The number of benzene rings is 1. The molecule has 0 spiro atoms. The first-order chi connectivity index (χ1) is 6.68. The van der Waals surface area contributed by atoms with Crippen molar-refractivity contribution in [3.05, 3.63) is 29.8 Å². The first kappa shape index (κ1) is 10.6. The van der Waals surface area contributed by atoms with Gasteiger partial charge in [-0.2, -0.15) is 5.26 Å². The first-order valence-electron chi connectivity index (χ1n) is 4.95. The van der Waals surface area contributed by atoms with Crippen molar-refractivity contribution in [2.24, 2.45) is 0 Å². The molecule has 2 heteroatoms. The third-order valence-electron chi connectivity index (χ3n) is 2.86. The molecule has 0 saturated carbocycles. The Labute approximate surface area is 85.4 Å². The molecule has 0 amide bonds. The van der Waals surface area contributed by atoms with Crippen molar-refractivity contribution in [2.75, 3.05) is 5.73 Å². The Hall–Kier alpha value is -1.49. The van der Waals surface area contributed by atoms with Crippen molar-refractivity contribution in [1.82, 2.24) is 0 Å². The van der Waals surface area contributed by atoms with E-state index in [2.05, 4.69) is 6.07 Å². The van der Waals surface area contributed by atoms with Gasteiger partial charge in [0.15, 0.2) is 0 Å². The van der Waals surface area contributed by atoms with E-state index in [4.69, 9.17) is 5.73 Å². The van der Waals surface area contributed by atoms with Crippen molar-refractivity contribution in [2.45, 2.75) is 32.1 Å². The van der Waals surface area contributed by atoms with Gasteiger partial charge in [-0.1, -0.05) is 26.0 Å². The molecule has 1 rings (SSSR count). The normalized spacial score (nSPS) is 10.9. The Bertz CT molecular complexity index is 346. The third kappa shape index (κ3) is 1.72. The predicted octanol–water partition coefficient (Wildman–Crippen LogP) is 2.85. The summed E-state index contributed by atoms with van der Waals surface area (Å²) in [5.41, 5.74) is 7.10. The molecule has 0 atom stereocenters. The zero-order valence-electron chi connectivity index (χ0n) is 8.75. The Morgan fingerprint density at radius 3 is 2.43 bits per heavy atom. The van der Waals surface area contributed by atoms with Crippen LogP contribution in [0.4, 0.5) is 5.69 Å². The monoisotopic (exact) mass is 188 g/mol. The minimum absolute atomic E-state index is 0.366. The fourth-order valence-electron chi connectivity index (χ4n) is 1.72. The molecule has 0 radical (unpaired) electrons. The average molecular weight is 188 g/mol. The van der Waals surface area contributed by atoms with E-state index in [1.807, 2.05) is 38.1 Å². The van der Waals surface area contributed by atoms with Crippen molar-refractivity contribution in [3.8, 4) is 6.07 Å². The summed E-state index contributed by atoms with van der Waals surface area (Å²) in [5.74, 6) is 0. The lowest BCUT2D eigenvalue weighted by Crippen LogP contribution is -2.21. The molecule has 14 heavy (non-hydrogen) atoms. The van der Waals surface area contributed by atoms with E-state index in [9.17, 15) is 5.26 Å². The highest BCUT2D eigenvalue weighted by Gasteiger charge is 2.27. The summed E-state index contributed by atoms with van der Waals surface area (Å²) in [4.78, 5) is 0. The van der Waals surface area contributed by atoms with Crippen molar-refractivity contribution < 1.29 is 0 Å². The second kappa shape index (κ2) is 4.15. The van der Waals surface area contributed by atoms with Crippen LogP contribution in [0.5, 0.6) is 0 Å². The van der Waals surface area contributed by atoms with E-state index in [0.29, 0.717) is 0 Å². The number of anilines is 1. The van der Waals surface area contributed by atoms with Crippen LogP contribution < -0.4 is 5.73 Å². The SMILES string of the molecule is CCC(C#N)(CC)c1cccc(N)c1. The van der Waals surface area contributed by atoms with Gasteiger partial charge in [0.25, 0.3) is 0 Å². The van der Waals surface area contributed by atoms with E-state index in [1.54, 1.807) is 0 Å². The van der Waals surface area contributed by atoms with Crippen LogP contribution in [0, 0.1) is 11.3 Å². The Kier molecular flexibility index (Phi) is 3.14. The number of hydrogen-bond donors (Lipinski definition) is 1. The van der Waals surface area contributed by atoms with Crippen LogP contribution in [0.25, 0.3) is 0 Å². The fraction of sp³-hybridized carbons (Fsp3) is 0.417. The Morgan fingerprint density at radius 1 is 1.36 bits per heavy atom. The molecule has 0 aliphatic carbocycles. The van der Waals surface area contributed by atoms with Gasteiger partial charge in [-0.25, -0.2) is 0 Å². The van der Waals surface area contributed by atoms with Crippen LogP contribution in [-0.4, -0.2) is 0 Å². The summed E-state index contributed by atoms with van der Waals surface area (Å²) in [7, 11) is 0. The molecule has 1 aromatic carbocycles. The number of rotatable bonds is 3. The molecule has 0 bridgehead atoms. The Morgan fingerprint density at radius 2 is 2.00 bits per heavy atom. The van der Waals surface area contributed by atoms with Gasteiger partial charge >= 0.3 is 0 Å². The molecule has 0 aliphatic rings. The van der Waals surface area contributed by atoms with Gasteiger partial charge in [0.05, 0.1) is 11.5 Å². The summed E-state index contributed by atoms with van der Waals surface area (Å²) < 4.78 is 0. The first-order valence-corrected chi connectivity index (χ1v) is 4.95. The molecule has 0 unspecified atom stereocenters. The summed E-state index contributed by atoms with van der Waals surface area (Å²) in [6.07, 6.45) is 1.65. The lowest BCUT2D eigenvalue weighted by atomic mass is 9.77. The molecule has 74 valence electrons. The number of nitrogens with two attached hydrogens (primary N) is 1. The summed E-state index contributed by atoms with van der Waals surface area (Å²) in [5, 5.41) is 9.23. The second-order valence-electron chi connectivity index (χ2n) is 3.53. The van der Waals surface area contributed by atoms with Gasteiger partial charge in [-0.3, -0.25) is 0 Å². The predicted molar refractivity (Wildman–Crippen MR) is 58.7 cm³/mol. The van der Waals surface area contributed by atoms with Crippen LogP contribution in [0.1, 0.15) is 32.3 Å². The number of nitrogens with zero attached hydrogens (tertiary/aromatic N) is 1. The molecule has 0 aliphatic heterocycles. The fourth-order valence-corrected chi connectivity index (χ4v) is 1.72. The minimum atomic E-state index is -0.366. The van der Waals surface area contributed by atoms with Gasteiger partial charge in [-0.15, -0.1) is 0 Å². The highest BCUT2D eigenvalue weighted by atomic mass is 14.5. The van der Waals surface area contributed by atoms with Crippen LogP contribution in [0.2, 0.25) is 0 Å².